The topological polar surface area (TPSA) is 71.9 Å². The first kappa shape index (κ1) is 16.5. The Morgan fingerprint density at radius 1 is 0.964 bits per heavy atom. The van der Waals surface area contributed by atoms with Gasteiger partial charge in [0.2, 0.25) is 0 Å². The van der Waals surface area contributed by atoms with E-state index in [1.165, 1.54) is 0 Å². The van der Waals surface area contributed by atoms with Crippen LogP contribution in [0.25, 0.3) is 22.4 Å². The molecule has 0 bridgehead atoms. The number of hydrogen-bond donors (Lipinski definition) is 0. The standard InChI is InChI=1S/C22H17N5O/c1-14-18-12-25-21(20-23-9-4-10-24-20)26-19(18)13-27(14)22(28)17-8-7-15-5-2-3-6-16(15)11-17/h2-12,14H,13H2,1H3. The minimum atomic E-state index is -0.0836. The highest BCUT2D eigenvalue weighted by Crippen LogP contribution is 2.34. The van der Waals surface area contributed by atoms with E-state index in [0.29, 0.717) is 23.8 Å². The summed E-state index contributed by atoms with van der Waals surface area (Å²) < 4.78 is 0. The number of benzene rings is 2. The molecule has 0 fully saturated rings. The first-order valence-electron chi connectivity index (χ1n) is 9.14. The van der Waals surface area contributed by atoms with Gasteiger partial charge in [0.15, 0.2) is 11.6 Å². The SMILES string of the molecule is CC1c2cnc(-c3ncccn3)nc2CN1C(=O)c1ccc2ccccc2c1. The Kier molecular flexibility index (Phi) is 3.83. The first-order valence-corrected chi connectivity index (χ1v) is 9.14. The molecule has 3 heterocycles. The molecular formula is C22H17N5O. The lowest BCUT2D eigenvalue weighted by Gasteiger charge is -2.21. The molecular weight excluding hydrogens is 350 g/mol. The fraction of sp³-hybridized carbons (Fsp3) is 0.136. The molecule has 0 radical (unpaired) electrons. The predicted molar refractivity (Wildman–Crippen MR) is 105 cm³/mol. The molecule has 4 aromatic rings. The maximum atomic E-state index is 13.2. The van der Waals surface area contributed by atoms with Gasteiger partial charge in [-0.1, -0.05) is 30.3 Å². The van der Waals surface area contributed by atoms with Crippen molar-refractivity contribution in [1.29, 1.82) is 0 Å². The molecule has 1 amide bonds. The largest absolute Gasteiger partial charge is 0.326 e. The average molecular weight is 367 g/mol. The number of carbonyl (C=O) groups excluding carboxylic acids is 1. The van der Waals surface area contributed by atoms with Crippen LogP contribution in [0.3, 0.4) is 0 Å². The monoisotopic (exact) mass is 367 g/mol. The van der Waals surface area contributed by atoms with Crippen LogP contribution in [0.15, 0.2) is 67.1 Å². The Morgan fingerprint density at radius 2 is 1.75 bits per heavy atom. The lowest BCUT2D eigenvalue weighted by molar-refractivity contribution is 0.0704. The van der Waals surface area contributed by atoms with Crippen molar-refractivity contribution in [2.45, 2.75) is 19.5 Å². The first-order chi connectivity index (χ1) is 13.7. The van der Waals surface area contributed by atoms with Crippen molar-refractivity contribution in [3.8, 4) is 11.6 Å². The third-order valence-electron chi connectivity index (χ3n) is 5.16. The van der Waals surface area contributed by atoms with E-state index in [4.69, 9.17) is 0 Å². The zero-order chi connectivity index (χ0) is 19.1. The third kappa shape index (κ3) is 2.70. The highest BCUT2D eigenvalue weighted by atomic mass is 16.2. The van der Waals surface area contributed by atoms with E-state index in [2.05, 4.69) is 19.9 Å². The van der Waals surface area contributed by atoms with Gasteiger partial charge in [-0.15, -0.1) is 0 Å². The molecule has 1 unspecified atom stereocenters. The second kappa shape index (κ2) is 6.49. The van der Waals surface area contributed by atoms with Crippen LogP contribution in [0.5, 0.6) is 0 Å². The average Bonchev–Trinajstić information content (AvgIpc) is 3.09. The van der Waals surface area contributed by atoms with E-state index >= 15 is 0 Å². The fourth-order valence-corrected chi connectivity index (χ4v) is 3.63. The summed E-state index contributed by atoms with van der Waals surface area (Å²) in [4.78, 5) is 32.4. The molecule has 1 atom stereocenters. The Morgan fingerprint density at radius 3 is 2.57 bits per heavy atom. The van der Waals surface area contributed by atoms with E-state index in [1.54, 1.807) is 24.7 Å². The van der Waals surface area contributed by atoms with E-state index < -0.39 is 0 Å². The van der Waals surface area contributed by atoms with Crippen LogP contribution in [0.4, 0.5) is 0 Å². The lowest BCUT2D eigenvalue weighted by atomic mass is 10.1. The summed E-state index contributed by atoms with van der Waals surface area (Å²) in [6, 6.07) is 15.5. The fourth-order valence-electron chi connectivity index (χ4n) is 3.63. The quantitative estimate of drug-likeness (QED) is 0.539. The number of hydrogen-bond acceptors (Lipinski definition) is 5. The van der Waals surface area contributed by atoms with Gasteiger partial charge in [-0.3, -0.25) is 4.79 Å². The van der Waals surface area contributed by atoms with Crippen LogP contribution in [-0.2, 0) is 6.54 Å². The van der Waals surface area contributed by atoms with Gasteiger partial charge in [-0.25, -0.2) is 19.9 Å². The van der Waals surface area contributed by atoms with Gasteiger partial charge >= 0.3 is 0 Å². The van der Waals surface area contributed by atoms with Crippen molar-refractivity contribution in [3.63, 3.8) is 0 Å². The number of nitrogens with zero attached hydrogens (tertiary/aromatic N) is 5. The summed E-state index contributed by atoms with van der Waals surface area (Å²) in [6.07, 6.45) is 5.11. The molecule has 0 saturated heterocycles. The Bertz CT molecular complexity index is 1190. The van der Waals surface area contributed by atoms with Crippen LogP contribution in [-0.4, -0.2) is 30.7 Å². The van der Waals surface area contributed by atoms with Crippen molar-refractivity contribution in [3.05, 3.63) is 83.9 Å². The van der Waals surface area contributed by atoms with E-state index in [9.17, 15) is 4.79 Å². The summed E-state index contributed by atoms with van der Waals surface area (Å²) in [5.41, 5.74) is 2.49. The Balaban J connectivity index is 1.46. The van der Waals surface area contributed by atoms with Gasteiger partial charge in [0.25, 0.3) is 5.91 Å². The number of amides is 1. The summed E-state index contributed by atoms with van der Waals surface area (Å²) in [7, 11) is 0. The molecule has 6 nitrogen and oxygen atoms in total. The minimum absolute atomic E-state index is 0.00577. The second-order valence-corrected chi connectivity index (χ2v) is 6.84. The van der Waals surface area contributed by atoms with Crippen LogP contribution in [0.1, 0.15) is 34.6 Å². The summed E-state index contributed by atoms with van der Waals surface area (Å²) in [5.74, 6) is 0.956. The molecule has 6 heteroatoms. The van der Waals surface area contributed by atoms with Crippen molar-refractivity contribution in [2.75, 3.05) is 0 Å². The van der Waals surface area contributed by atoms with Crippen LogP contribution >= 0.6 is 0 Å². The van der Waals surface area contributed by atoms with Crippen LogP contribution < -0.4 is 0 Å². The lowest BCUT2D eigenvalue weighted by Crippen LogP contribution is -2.28. The highest BCUT2D eigenvalue weighted by molar-refractivity contribution is 5.99. The molecule has 5 rings (SSSR count). The van der Waals surface area contributed by atoms with Crippen molar-refractivity contribution in [2.24, 2.45) is 0 Å². The predicted octanol–water partition coefficient (Wildman–Crippen LogP) is 3.80. The van der Waals surface area contributed by atoms with Gasteiger partial charge in [0.1, 0.15) is 0 Å². The molecule has 0 aliphatic carbocycles. The van der Waals surface area contributed by atoms with Gasteiger partial charge < -0.3 is 4.90 Å². The maximum Gasteiger partial charge on any atom is 0.254 e. The maximum absolute atomic E-state index is 13.2. The molecule has 2 aromatic heterocycles. The van der Waals surface area contributed by atoms with E-state index in [1.807, 2.05) is 54.3 Å². The molecule has 1 aliphatic heterocycles. The van der Waals surface area contributed by atoms with Crippen LogP contribution in [0, 0.1) is 0 Å². The summed E-state index contributed by atoms with van der Waals surface area (Å²) in [5, 5.41) is 2.18. The molecule has 2 aromatic carbocycles. The molecule has 1 aliphatic rings. The smallest absolute Gasteiger partial charge is 0.254 e. The molecule has 0 spiro atoms. The van der Waals surface area contributed by atoms with Gasteiger partial charge in [-0.2, -0.15) is 0 Å². The molecule has 136 valence electrons. The number of rotatable bonds is 2. The molecule has 0 N–H and O–H groups in total. The number of carbonyl (C=O) groups is 1. The van der Waals surface area contributed by atoms with E-state index in [0.717, 1.165) is 22.0 Å². The third-order valence-corrected chi connectivity index (χ3v) is 5.16. The van der Waals surface area contributed by atoms with Gasteiger partial charge in [0, 0.05) is 29.7 Å². The highest BCUT2D eigenvalue weighted by Gasteiger charge is 2.33. The van der Waals surface area contributed by atoms with E-state index in [-0.39, 0.29) is 11.9 Å². The Labute approximate surface area is 161 Å². The minimum Gasteiger partial charge on any atom is -0.326 e. The number of aromatic nitrogens is 4. The van der Waals surface area contributed by atoms with Crippen molar-refractivity contribution < 1.29 is 4.79 Å². The van der Waals surface area contributed by atoms with Crippen molar-refractivity contribution >= 4 is 16.7 Å². The zero-order valence-corrected chi connectivity index (χ0v) is 15.3. The van der Waals surface area contributed by atoms with Gasteiger partial charge in [-0.05, 0) is 35.9 Å². The second-order valence-electron chi connectivity index (χ2n) is 6.84. The zero-order valence-electron chi connectivity index (χ0n) is 15.3. The number of fused-ring (bicyclic) bond motifs is 2. The van der Waals surface area contributed by atoms with Crippen molar-refractivity contribution in [1.82, 2.24) is 24.8 Å². The summed E-state index contributed by atoms with van der Waals surface area (Å²) in [6.45, 7) is 2.46. The van der Waals surface area contributed by atoms with Gasteiger partial charge in [0.05, 0.1) is 18.3 Å². The summed E-state index contributed by atoms with van der Waals surface area (Å²) >= 11 is 0. The molecule has 0 saturated carbocycles. The normalized spacial score (nSPS) is 15.6. The van der Waals surface area contributed by atoms with Crippen LogP contribution in [0.2, 0.25) is 0 Å². The molecule has 28 heavy (non-hydrogen) atoms. The Hall–Kier alpha value is -3.67.